The van der Waals surface area contributed by atoms with E-state index in [1.807, 2.05) is 6.07 Å². The quantitative estimate of drug-likeness (QED) is 0.890. The van der Waals surface area contributed by atoms with Gasteiger partial charge in [-0.15, -0.1) is 0 Å². The van der Waals surface area contributed by atoms with Crippen LogP contribution in [-0.4, -0.2) is 35.2 Å². The highest BCUT2D eigenvalue weighted by atomic mass is 79.9. The first kappa shape index (κ1) is 14.5. The second-order valence-corrected chi connectivity index (χ2v) is 7.20. The third-order valence-electron chi connectivity index (χ3n) is 4.96. The van der Waals surface area contributed by atoms with Crippen molar-refractivity contribution < 1.29 is 5.11 Å². The molecule has 20 heavy (non-hydrogen) atoms. The Morgan fingerprint density at radius 3 is 2.70 bits per heavy atom. The van der Waals surface area contributed by atoms with Crippen molar-refractivity contribution in [2.75, 3.05) is 13.1 Å². The number of halogens is 1. The Balaban J connectivity index is 1.84. The number of benzene rings is 1. The molecular formula is C16H23BrN2O. The molecule has 1 saturated heterocycles. The maximum Gasteiger partial charge on any atom is 0.0583 e. The van der Waals surface area contributed by atoms with Crippen molar-refractivity contribution in [2.24, 2.45) is 17.6 Å². The minimum absolute atomic E-state index is 0.0738. The molecule has 4 heteroatoms. The van der Waals surface area contributed by atoms with Gasteiger partial charge in [0.2, 0.25) is 0 Å². The zero-order valence-corrected chi connectivity index (χ0v) is 13.5. The number of aliphatic hydroxyl groups excluding tert-OH is 1. The molecule has 1 aliphatic heterocycles. The average molecular weight is 339 g/mol. The fourth-order valence-corrected chi connectivity index (χ4v) is 4.54. The zero-order chi connectivity index (χ0) is 14.3. The topological polar surface area (TPSA) is 49.5 Å². The SMILES string of the molecule is CC(N)C(c1ccccc1Br)N1CC2CCC(O)C2C1. The lowest BCUT2D eigenvalue weighted by molar-refractivity contribution is 0.115. The predicted molar refractivity (Wildman–Crippen MR) is 84.3 cm³/mol. The lowest BCUT2D eigenvalue weighted by Crippen LogP contribution is -2.39. The van der Waals surface area contributed by atoms with E-state index in [0.29, 0.717) is 11.8 Å². The minimum Gasteiger partial charge on any atom is -0.393 e. The van der Waals surface area contributed by atoms with E-state index in [1.54, 1.807) is 0 Å². The lowest BCUT2D eigenvalue weighted by Gasteiger charge is -2.33. The summed E-state index contributed by atoms with van der Waals surface area (Å²) in [6.45, 7) is 4.11. The van der Waals surface area contributed by atoms with Crippen molar-refractivity contribution in [1.82, 2.24) is 4.90 Å². The Hall–Kier alpha value is -0.420. The molecule has 1 saturated carbocycles. The Morgan fingerprint density at radius 1 is 1.30 bits per heavy atom. The van der Waals surface area contributed by atoms with Crippen LogP contribution in [0.4, 0.5) is 0 Å². The molecule has 3 nitrogen and oxygen atoms in total. The molecule has 5 unspecified atom stereocenters. The van der Waals surface area contributed by atoms with Crippen LogP contribution in [0.5, 0.6) is 0 Å². The third kappa shape index (κ3) is 2.54. The van der Waals surface area contributed by atoms with Crippen LogP contribution >= 0.6 is 15.9 Å². The van der Waals surface area contributed by atoms with E-state index in [2.05, 4.69) is 46.0 Å². The molecule has 3 N–H and O–H groups in total. The largest absolute Gasteiger partial charge is 0.393 e. The van der Waals surface area contributed by atoms with Crippen LogP contribution in [0, 0.1) is 11.8 Å². The van der Waals surface area contributed by atoms with Gasteiger partial charge in [-0.3, -0.25) is 4.90 Å². The van der Waals surface area contributed by atoms with Crippen LogP contribution in [0.1, 0.15) is 31.4 Å². The smallest absolute Gasteiger partial charge is 0.0583 e. The highest BCUT2D eigenvalue weighted by molar-refractivity contribution is 9.10. The maximum absolute atomic E-state index is 10.1. The van der Waals surface area contributed by atoms with Crippen molar-refractivity contribution in [3.05, 3.63) is 34.3 Å². The summed E-state index contributed by atoms with van der Waals surface area (Å²) in [4.78, 5) is 2.47. The summed E-state index contributed by atoms with van der Waals surface area (Å²) in [7, 11) is 0. The van der Waals surface area contributed by atoms with Crippen LogP contribution in [0.2, 0.25) is 0 Å². The van der Waals surface area contributed by atoms with E-state index < -0.39 is 0 Å². The van der Waals surface area contributed by atoms with E-state index in [9.17, 15) is 5.11 Å². The number of hydrogen-bond donors (Lipinski definition) is 2. The van der Waals surface area contributed by atoms with Gasteiger partial charge in [0, 0.05) is 29.5 Å². The second kappa shape index (κ2) is 5.76. The normalized spacial score (nSPS) is 33.1. The molecule has 3 rings (SSSR count). The molecule has 5 atom stereocenters. The number of nitrogens with two attached hydrogens (primary N) is 1. The molecule has 0 radical (unpaired) electrons. The summed E-state index contributed by atoms with van der Waals surface area (Å²) in [6, 6.07) is 8.64. The van der Waals surface area contributed by atoms with Gasteiger partial charge < -0.3 is 10.8 Å². The summed E-state index contributed by atoms with van der Waals surface area (Å²) < 4.78 is 1.12. The average Bonchev–Trinajstić information content (AvgIpc) is 2.95. The van der Waals surface area contributed by atoms with Crippen LogP contribution in [0.15, 0.2) is 28.7 Å². The van der Waals surface area contributed by atoms with Crippen LogP contribution in [0.3, 0.4) is 0 Å². The third-order valence-corrected chi connectivity index (χ3v) is 5.68. The number of nitrogens with zero attached hydrogens (tertiary/aromatic N) is 1. The fraction of sp³-hybridized carbons (Fsp3) is 0.625. The van der Waals surface area contributed by atoms with E-state index in [1.165, 1.54) is 5.56 Å². The van der Waals surface area contributed by atoms with E-state index >= 15 is 0 Å². The maximum atomic E-state index is 10.1. The molecule has 110 valence electrons. The molecular weight excluding hydrogens is 316 g/mol. The van der Waals surface area contributed by atoms with Crippen LogP contribution in [-0.2, 0) is 0 Å². The fourth-order valence-electron chi connectivity index (χ4n) is 4.03. The highest BCUT2D eigenvalue weighted by Gasteiger charge is 2.44. The number of likely N-dealkylation sites (tertiary alicyclic amines) is 1. The predicted octanol–water partition coefficient (Wildman–Crippen LogP) is 2.54. The van der Waals surface area contributed by atoms with Gasteiger partial charge in [0.25, 0.3) is 0 Å². The zero-order valence-electron chi connectivity index (χ0n) is 11.9. The molecule has 1 aromatic carbocycles. The molecule has 0 aromatic heterocycles. The van der Waals surface area contributed by atoms with Crippen LogP contribution < -0.4 is 5.73 Å². The first-order valence-electron chi connectivity index (χ1n) is 7.50. The monoisotopic (exact) mass is 338 g/mol. The molecule has 2 aliphatic rings. The Bertz CT molecular complexity index is 479. The molecule has 2 fully saturated rings. The lowest BCUT2D eigenvalue weighted by atomic mass is 9.99. The van der Waals surface area contributed by atoms with E-state index in [4.69, 9.17) is 5.73 Å². The van der Waals surface area contributed by atoms with Gasteiger partial charge in [-0.1, -0.05) is 34.1 Å². The Kier molecular flexibility index (Phi) is 4.18. The molecule has 1 aliphatic carbocycles. The van der Waals surface area contributed by atoms with Crippen molar-refractivity contribution in [3.63, 3.8) is 0 Å². The molecule has 0 amide bonds. The van der Waals surface area contributed by atoms with Crippen molar-refractivity contribution >= 4 is 15.9 Å². The van der Waals surface area contributed by atoms with E-state index in [-0.39, 0.29) is 18.2 Å². The van der Waals surface area contributed by atoms with Gasteiger partial charge in [0.1, 0.15) is 0 Å². The van der Waals surface area contributed by atoms with E-state index in [0.717, 1.165) is 30.4 Å². The highest BCUT2D eigenvalue weighted by Crippen LogP contribution is 2.42. The summed E-state index contributed by atoms with van der Waals surface area (Å²) >= 11 is 3.65. The molecule has 1 heterocycles. The standard InChI is InChI=1S/C16H23BrN2O/c1-10(18)16(12-4-2-3-5-14(12)17)19-8-11-6-7-15(20)13(11)9-19/h2-5,10-11,13,15-16,20H,6-9,18H2,1H3. The van der Waals surface area contributed by atoms with Gasteiger partial charge in [0.15, 0.2) is 0 Å². The Morgan fingerprint density at radius 2 is 2.05 bits per heavy atom. The van der Waals surface area contributed by atoms with Crippen molar-refractivity contribution in [3.8, 4) is 0 Å². The number of rotatable bonds is 3. The molecule has 0 spiro atoms. The van der Waals surface area contributed by atoms with Crippen molar-refractivity contribution in [2.45, 2.75) is 38.0 Å². The number of hydrogen-bond acceptors (Lipinski definition) is 3. The van der Waals surface area contributed by atoms with Crippen molar-refractivity contribution in [1.29, 1.82) is 0 Å². The number of fused-ring (bicyclic) bond motifs is 1. The van der Waals surface area contributed by atoms with Gasteiger partial charge in [-0.2, -0.15) is 0 Å². The minimum atomic E-state index is -0.113. The first-order valence-corrected chi connectivity index (χ1v) is 8.29. The summed E-state index contributed by atoms with van der Waals surface area (Å²) in [6.07, 6.45) is 2.02. The molecule has 1 aromatic rings. The second-order valence-electron chi connectivity index (χ2n) is 6.35. The molecule has 0 bridgehead atoms. The number of aliphatic hydroxyl groups is 1. The van der Waals surface area contributed by atoms with Gasteiger partial charge >= 0.3 is 0 Å². The summed E-state index contributed by atoms with van der Waals surface area (Å²) in [5.74, 6) is 1.09. The summed E-state index contributed by atoms with van der Waals surface area (Å²) in [5, 5.41) is 10.1. The van der Waals surface area contributed by atoms with Gasteiger partial charge in [0.05, 0.1) is 12.1 Å². The summed E-state index contributed by atoms with van der Waals surface area (Å²) in [5.41, 5.74) is 7.54. The Labute approximate surface area is 129 Å². The van der Waals surface area contributed by atoms with Crippen LogP contribution in [0.25, 0.3) is 0 Å². The first-order chi connectivity index (χ1) is 9.58. The van der Waals surface area contributed by atoms with Gasteiger partial charge in [-0.05, 0) is 37.3 Å². The van der Waals surface area contributed by atoms with Gasteiger partial charge in [-0.25, -0.2) is 0 Å².